The number of aromatic hydroxyl groups is 1. The Morgan fingerprint density at radius 3 is 2.75 bits per heavy atom. The third kappa shape index (κ3) is 4.24. The number of phenols is 1. The molecular weight excluding hydrogens is 384 g/mol. The van der Waals surface area contributed by atoms with Crippen molar-refractivity contribution in [2.45, 2.75) is 0 Å². The quantitative estimate of drug-likeness (QED) is 0.687. The Morgan fingerprint density at radius 2 is 2.04 bits per heavy atom. The molecule has 28 heavy (non-hydrogen) atoms. The minimum Gasteiger partial charge on any atom is -0.504 e. The number of benzene rings is 2. The number of carbonyl (C=O) groups excluding carboxylic acids is 2. The molecule has 2 aromatic rings. The predicted octanol–water partition coefficient (Wildman–Crippen LogP) is 3.04. The van der Waals surface area contributed by atoms with Gasteiger partial charge in [0.15, 0.2) is 11.5 Å². The summed E-state index contributed by atoms with van der Waals surface area (Å²) < 4.78 is 5.06. The maximum Gasteiger partial charge on any atom is 0.326 e. The minimum absolute atomic E-state index is 0.00737. The van der Waals surface area contributed by atoms with Gasteiger partial charge >= 0.3 is 6.03 Å². The van der Waals surface area contributed by atoms with Crippen molar-refractivity contribution in [2.75, 3.05) is 19.5 Å². The molecule has 144 valence electrons. The summed E-state index contributed by atoms with van der Waals surface area (Å²) in [6.07, 6.45) is 1.58. The number of anilines is 1. The van der Waals surface area contributed by atoms with Crippen molar-refractivity contribution in [1.82, 2.24) is 10.2 Å². The number of carbonyl (C=O) groups is 2. The van der Waals surface area contributed by atoms with E-state index < -0.39 is 11.9 Å². The number of likely N-dealkylation sites (N-methyl/N-ethyl adjacent to an activating group) is 1. The van der Waals surface area contributed by atoms with Crippen molar-refractivity contribution < 1.29 is 19.4 Å². The monoisotopic (exact) mass is 400 g/mol. The van der Waals surface area contributed by atoms with Crippen LogP contribution in [0.4, 0.5) is 10.5 Å². The van der Waals surface area contributed by atoms with Gasteiger partial charge in [-0.25, -0.2) is 4.79 Å². The predicted molar refractivity (Wildman–Crippen MR) is 106 cm³/mol. The molecule has 3 rings (SSSR count). The number of aliphatic imine (C=N–C) groups is 1. The van der Waals surface area contributed by atoms with E-state index in [1.165, 1.54) is 18.1 Å². The fourth-order valence-corrected chi connectivity index (χ4v) is 2.72. The van der Waals surface area contributed by atoms with Crippen molar-refractivity contribution in [3.05, 3.63) is 58.7 Å². The first-order valence-corrected chi connectivity index (χ1v) is 8.54. The average molecular weight is 401 g/mol. The zero-order valence-corrected chi connectivity index (χ0v) is 15.8. The molecule has 3 amide bonds. The number of halogens is 1. The first-order valence-electron chi connectivity index (χ1n) is 8.16. The van der Waals surface area contributed by atoms with Crippen LogP contribution in [-0.4, -0.2) is 42.1 Å². The topological polar surface area (TPSA) is 103 Å². The molecule has 1 aliphatic rings. The summed E-state index contributed by atoms with van der Waals surface area (Å²) in [5, 5.41) is 15.3. The first-order chi connectivity index (χ1) is 13.4. The number of guanidine groups is 1. The summed E-state index contributed by atoms with van der Waals surface area (Å²) in [7, 11) is 3.04. The number of hydrogen-bond donors (Lipinski definition) is 3. The lowest BCUT2D eigenvalue weighted by Gasteiger charge is -2.16. The van der Waals surface area contributed by atoms with Crippen LogP contribution >= 0.6 is 11.6 Å². The number of hydrogen-bond acceptors (Lipinski definition) is 5. The molecule has 0 spiro atoms. The van der Waals surface area contributed by atoms with E-state index in [0.29, 0.717) is 16.3 Å². The van der Waals surface area contributed by atoms with Gasteiger partial charge in [0, 0.05) is 17.8 Å². The first kappa shape index (κ1) is 19.2. The molecule has 0 aliphatic carbocycles. The molecule has 1 aliphatic heterocycles. The second-order valence-corrected chi connectivity index (χ2v) is 6.29. The molecule has 0 atom stereocenters. The van der Waals surface area contributed by atoms with Gasteiger partial charge in [0.05, 0.1) is 7.11 Å². The number of amides is 3. The molecule has 3 N–H and O–H groups in total. The number of nitrogens with zero attached hydrogens (tertiary/aromatic N) is 2. The van der Waals surface area contributed by atoms with Crippen molar-refractivity contribution in [3.8, 4) is 11.5 Å². The lowest BCUT2D eigenvalue weighted by atomic mass is 10.1. The molecule has 8 nitrogen and oxygen atoms in total. The number of urea groups is 1. The van der Waals surface area contributed by atoms with Gasteiger partial charge in [-0.3, -0.25) is 10.1 Å². The molecule has 0 bridgehead atoms. The van der Waals surface area contributed by atoms with Crippen molar-refractivity contribution in [1.29, 1.82) is 0 Å². The van der Waals surface area contributed by atoms with E-state index in [1.54, 1.807) is 49.5 Å². The van der Waals surface area contributed by atoms with Gasteiger partial charge < -0.3 is 20.1 Å². The van der Waals surface area contributed by atoms with Gasteiger partial charge in [-0.2, -0.15) is 4.99 Å². The van der Waals surface area contributed by atoms with E-state index in [4.69, 9.17) is 16.3 Å². The zero-order chi connectivity index (χ0) is 20.3. The van der Waals surface area contributed by atoms with Crippen LogP contribution in [0, 0.1) is 0 Å². The Balaban J connectivity index is 1.72. The Labute approximate surface area is 166 Å². The van der Waals surface area contributed by atoms with Crippen LogP contribution < -0.4 is 15.4 Å². The van der Waals surface area contributed by atoms with E-state index in [1.807, 2.05) is 0 Å². The molecule has 0 radical (unpaired) electrons. The molecule has 0 unspecified atom stereocenters. The van der Waals surface area contributed by atoms with Gasteiger partial charge in [-0.15, -0.1) is 0 Å². The largest absolute Gasteiger partial charge is 0.504 e. The summed E-state index contributed by atoms with van der Waals surface area (Å²) in [5.41, 5.74) is 1.39. The maximum atomic E-state index is 12.2. The molecule has 9 heteroatoms. The normalized spacial score (nSPS) is 14.8. The Hall–Kier alpha value is -3.52. The van der Waals surface area contributed by atoms with Crippen molar-refractivity contribution >= 4 is 41.3 Å². The molecule has 1 heterocycles. The average Bonchev–Trinajstić information content (AvgIpc) is 2.90. The van der Waals surface area contributed by atoms with Crippen LogP contribution in [0.25, 0.3) is 6.08 Å². The van der Waals surface area contributed by atoms with Gasteiger partial charge in [-0.1, -0.05) is 23.7 Å². The Morgan fingerprint density at radius 1 is 1.25 bits per heavy atom. The fourth-order valence-electron chi connectivity index (χ4n) is 2.53. The summed E-state index contributed by atoms with van der Waals surface area (Å²) in [6.45, 7) is 0. The van der Waals surface area contributed by atoms with E-state index >= 15 is 0 Å². The fraction of sp³-hybridized carbons (Fsp3) is 0.105. The summed E-state index contributed by atoms with van der Waals surface area (Å²) in [5.74, 6) is -0.149. The van der Waals surface area contributed by atoms with E-state index in [9.17, 15) is 14.7 Å². The maximum absolute atomic E-state index is 12.2. The third-order valence-corrected chi connectivity index (χ3v) is 4.16. The number of nitrogens with one attached hydrogen (secondary N) is 2. The zero-order valence-electron chi connectivity index (χ0n) is 15.1. The number of phenolic OH excluding ortho intramolecular Hbond substituents is 1. The number of ether oxygens (including phenoxy) is 1. The molecule has 0 aromatic heterocycles. The smallest absolute Gasteiger partial charge is 0.326 e. The summed E-state index contributed by atoms with van der Waals surface area (Å²) in [6, 6.07) is 10.8. The van der Waals surface area contributed by atoms with Crippen molar-refractivity contribution in [2.24, 2.45) is 4.99 Å². The molecule has 0 fully saturated rings. The molecule has 0 saturated heterocycles. The highest BCUT2D eigenvalue weighted by Crippen LogP contribution is 2.28. The van der Waals surface area contributed by atoms with E-state index in [-0.39, 0.29) is 23.2 Å². The van der Waals surface area contributed by atoms with E-state index in [0.717, 1.165) is 0 Å². The summed E-state index contributed by atoms with van der Waals surface area (Å²) >= 11 is 5.89. The highest BCUT2D eigenvalue weighted by molar-refractivity contribution is 6.31. The van der Waals surface area contributed by atoms with Crippen LogP contribution in [0.2, 0.25) is 5.02 Å². The highest BCUT2D eigenvalue weighted by Gasteiger charge is 2.27. The Bertz CT molecular complexity index is 1000. The molecular formula is C19H17ClN4O4. The van der Waals surface area contributed by atoms with Gasteiger partial charge in [0.2, 0.25) is 5.96 Å². The van der Waals surface area contributed by atoms with Gasteiger partial charge in [-0.05, 0) is 42.0 Å². The minimum atomic E-state index is -0.562. The molecule has 0 saturated carbocycles. The van der Waals surface area contributed by atoms with Crippen LogP contribution in [0.5, 0.6) is 11.5 Å². The lowest BCUT2D eigenvalue weighted by Crippen LogP contribution is -2.41. The Kier molecular flexibility index (Phi) is 5.51. The van der Waals surface area contributed by atoms with E-state index in [2.05, 4.69) is 15.6 Å². The second-order valence-electron chi connectivity index (χ2n) is 5.85. The van der Waals surface area contributed by atoms with Crippen LogP contribution in [0.1, 0.15) is 5.56 Å². The summed E-state index contributed by atoms with van der Waals surface area (Å²) in [4.78, 5) is 29.7. The second kappa shape index (κ2) is 8.01. The van der Waals surface area contributed by atoms with Gasteiger partial charge in [0.25, 0.3) is 5.91 Å². The SMILES string of the molecule is COc1cc(/C=C2/C(=O)N=C(NC(=O)Nc3cccc(Cl)c3)N2C)ccc1O. The molecule has 2 aromatic carbocycles. The highest BCUT2D eigenvalue weighted by atomic mass is 35.5. The van der Waals surface area contributed by atoms with Crippen LogP contribution in [0.3, 0.4) is 0 Å². The number of methoxy groups -OCH3 is 1. The lowest BCUT2D eigenvalue weighted by molar-refractivity contribution is -0.114. The standard InChI is InChI=1S/C19H17ClN4O4/c1-24-14(8-11-6-7-15(25)16(9-11)28-2)17(26)22-18(24)23-19(27)21-13-5-3-4-12(20)10-13/h3-10,25H,1-2H3,(H2,21,22,23,26,27)/b14-8-. The van der Waals surface area contributed by atoms with Gasteiger partial charge in [0.1, 0.15) is 5.70 Å². The van der Waals surface area contributed by atoms with Crippen molar-refractivity contribution in [3.63, 3.8) is 0 Å². The van der Waals surface area contributed by atoms with Crippen LogP contribution in [0.15, 0.2) is 53.2 Å². The number of rotatable bonds is 3. The van der Waals surface area contributed by atoms with Crippen LogP contribution in [-0.2, 0) is 4.79 Å². The third-order valence-electron chi connectivity index (χ3n) is 3.92.